The van der Waals surface area contributed by atoms with Crippen molar-refractivity contribution in [2.45, 2.75) is 25.9 Å². The van der Waals surface area contributed by atoms with Gasteiger partial charge in [-0.15, -0.1) is 0 Å². The third-order valence-corrected chi connectivity index (χ3v) is 3.78. The Balaban J connectivity index is 1.96. The Morgan fingerprint density at radius 1 is 1.05 bits per heavy atom. The van der Waals surface area contributed by atoms with Gasteiger partial charge in [0.1, 0.15) is 0 Å². The minimum Gasteiger partial charge on any atom is -0.369 e. The van der Waals surface area contributed by atoms with Crippen LogP contribution in [0.25, 0.3) is 0 Å². The Kier molecular flexibility index (Phi) is 3.42. The van der Waals surface area contributed by atoms with E-state index in [1.54, 1.807) is 0 Å². The van der Waals surface area contributed by atoms with Crippen LogP contribution in [0.1, 0.15) is 30.5 Å². The molecule has 1 aliphatic heterocycles. The number of rotatable bonds is 3. The van der Waals surface area contributed by atoms with E-state index in [2.05, 4.69) is 53.2 Å². The molecule has 1 aliphatic rings. The van der Waals surface area contributed by atoms with E-state index in [0.29, 0.717) is 12.0 Å². The number of fused-ring (bicyclic) bond motifs is 1. The monoisotopic (exact) mass is 265 g/mol. The lowest BCUT2D eigenvalue weighted by Crippen LogP contribution is -2.41. The van der Waals surface area contributed by atoms with Crippen LogP contribution in [0.15, 0.2) is 59.6 Å². The predicted octanol–water partition coefficient (Wildman–Crippen LogP) is 3.60. The second-order valence-electron chi connectivity index (χ2n) is 5.07. The summed E-state index contributed by atoms with van der Waals surface area (Å²) in [6.07, 6.45) is 1.01. The van der Waals surface area contributed by atoms with Gasteiger partial charge in [-0.1, -0.05) is 55.5 Å². The number of hydrogen-bond acceptors (Lipinski definition) is 3. The van der Waals surface area contributed by atoms with Crippen molar-refractivity contribution >= 4 is 11.6 Å². The van der Waals surface area contributed by atoms with Crippen LogP contribution in [0.2, 0.25) is 0 Å². The highest BCUT2D eigenvalue weighted by Gasteiger charge is 2.26. The van der Waals surface area contributed by atoms with Gasteiger partial charge in [-0.3, -0.25) is 0 Å². The molecule has 2 N–H and O–H groups in total. The lowest BCUT2D eigenvalue weighted by atomic mass is 9.98. The summed E-state index contributed by atoms with van der Waals surface area (Å²) >= 11 is 0. The molecule has 0 spiro atoms. The molecule has 2 aromatic rings. The van der Waals surface area contributed by atoms with Gasteiger partial charge in [0.15, 0.2) is 5.96 Å². The maximum atomic E-state index is 6.18. The number of benzene rings is 2. The summed E-state index contributed by atoms with van der Waals surface area (Å²) in [5, 5.41) is 0. The summed E-state index contributed by atoms with van der Waals surface area (Å²) in [4.78, 5) is 6.73. The van der Waals surface area contributed by atoms with Crippen molar-refractivity contribution in [3.8, 4) is 0 Å². The molecule has 0 radical (unpaired) electrons. The van der Waals surface area contributed by atoms with Crippen molar-refractivity contribution in [1.82, 2.24) is 4.90 Å². The SMILES string of the molecule is CCC1c2ccccc2N=C(N)N1Cc1ccccc1. The summed E-state index contributed by atoms with van der Waals surface area (Å²) < 4.78 is 0. The number of para-hydroxylation sites is 1. The topological polar surface area (TPSA) is 41.6 Å². The average molecular weight is 265 g/mol. The third-order valence-electron chi connectivity index (χ3n) is 3.78. The van der Waals surface area contributed by atoms with Crippen molar-refractivity contribution in [2.24, 2.45) is 10.7 Å². The lowest BCUT2D eigenvalue weighted by molar-refractivity contribution is 0.293. The first kappa shape index (κ1) is 12.7. The first-order chi connectivity index (χ1) is 9.79. The van der Waals surface area contributed by atoms with Crippen LogP contribution < -0.4 is 5.73 Å². The van der Waals surface area contributed by atoms with Crippen molar-refractivity contribution in [3.63, 3.8) is 0 Å². The fourth-order valence-electron chi connectivity index (χ4n) is 2.80. The van der Waals surface area contributed by atoms with E-state index in [-0.39, 0.29) is 0 Å². The van der Waals surface area contributed by atoms with Gasteiger partial charge < -0.3 is 10.6 Å². The van der Waals surface area contributed by atoms with Crippen LogP contribution in [0.5, 0.6) is 0 Å². The molecule has 0 aromatic heterocycles. The van der Waals surface area contributed by atoms with Crippen LogP contribution in [0.4, 0.5) is 5.69 Å². The van der Waals surface area contributed by atoms with E-state index in [1.807, 2.05) is 18.2 Å². The minimum absolute atomic E-state index is 0.295. The third kappa shape index (κ3) is 2.27. The molecular weight excluding hydrogens is 246 g/mol. The number of hydrogen-bond donors (Lipinski definition) is 1. The maximum absolute atomic E-state index is 6.18. The quantitative estimate of drug-likeness (QED) is 0.921. The van der Waals surface area contributed by atoms with Gasteiger partial charge in [-0.2, -0.15) is 0 Å². The van der Waals surface area contributed by atoms with Crippen molar-refractivity contribution in [2.75, 3.05) is 0 Å². The van der Waals surface area contributed by atoms with Crippen molar-refractivity contribution < 1.29 is 0 Å². The maximum Gasteiger partial charge on any atom is 0.197 e. The zero-order valence-corrected chi connectivity index (χ0v) is 11.7. The fourth-order valence-corrected chi connectivity index (χ4v) is 2.80. The molecule has 3 nitrogen and oxygen atoms in total. The van der Waals surface area contributed by atoms with Crippen molar-refractivity contribution in [3.05, 3.63) is 65.7 Å². The van der Waals surface area contributed by atoms with E-state index in [9.17, 15) is 0 Å². The molecule has 0 amide bonds. The first-order valence-electron chi connectivity index (χ1n) is 7.03. The molecule has 0 saturated carbocycles. The van der Waals surface area contributed by atoms with E-state index < -0.39 is 0 Å². The summed E-state index contributed by atoms with van der Waals surface area (Å²) in [5.74, 6) is 0.611. The molecule has 1 atom stereocenters. The van der Waals surface area contributed by atoms with Gasteiger partial charge in [0.2, 0.25) is 0 Å². The highest BCUT2D eigenvalue weighted by Crippen LogP contribution is 2.36. The molecule has 1 heterocycles. The van der Waals surface area contributed by atoms with Crippen LogP contribution in [0, 0.1) is 0 Å². The van der Waals surface area contributed by atoms with Gasteiger partial charge in [0.05, 0.1) is 11.7 Å². The van der Waals surface area contributed by atoms with E-state index in [0.717, 1.165) is 18.7 Å². The molecule has 1 unspecified atom stereocenters. The van der Waals surface area contributed by atoms with Crippen LogP contribution in [-0.2, 0) is 6.54 Å². The Hall–Kier alpha value is -2.29. The second-order valence-corrected chi connectivity index (χ2v) is 5.07. The minimum atomic E-state index is 0.295. The molecule has 0 fully saturated rings. The van der Waals surface area contributed by atoms with Gasteiger partial charge >= 0.3 is 0 Å². The molecule has 3 heteroatoms. The van der Waals surface area contributed by atoms with E-state index >= 15 is 0 Å². The van der Waals surface area contributed by atoms with Gasteiger partial charge in [-0.25, -0.2) is 4.99 Å². The van der Waals surface area contributed by atoms with Gasteiger partial charge in [-0.05, 0) is 18.1 Å². The number of aliphatic imine (C=N–C) groups is 1. The number of nitrogens with two attached hydrogens (primary N) is 1. The molecule has 20 heavy (non-hydrogen) atoms. The van der Waals surface area contributed by atoms with Crippen LogP contribution in [-0.4, -0.2) is 10.9 Å². The van der Waals surface area contributed by atoms with Gasteiger partial charge in [0.25, 0.3) is 0 Å². The molecule has 0 bridgehead atoms. The molecule has 0 aliphatic carbocycles. The number of nitrogens with zero attached hydrogens (tertiary/aromatic N) is 2. The van der Waals surface area contributed by atoms with Crippen molar-refractivity contribution in [1.29, 1.82) is 0 Å². The zero-order valence-electron chi connectivity index (χ0n) is 11.7. The standard InChI is InChI=1S/C17H19N3/c1-2-16-14-10-6-7-11-15(14)19-17(18)20(16)12-13-8-4-3-5-9-13/h3-11,16H,2,12H2,1H3,(H2,18,19). The summed E-state index contributed by atoms with van der Waals surface area (Å²) in [6, 6.07) is 19.0. The summed E-state index contributed by atoms with van der Waals surface area (Å²) in [7, 11) is 0. The summed E-state index contributed by atoms with van der Waals surface area (Å²) in [5.41, 5.74) is 9.70. The lowest BCUT2D eigenvalue weighted by Gasteiger charge is -2.36. The highest BCUT2D eigenvalue weighted by atomic mass is 15.3. The highest BCUT2D eigenvalue weighted by molar-refractivity contribution is 5.84. The van der Waals surface area contributed by atoms with Crippen LogP contribution in [0.3, 0.4) is 0 Å². The molecular formula is C17H19N3. The molecule has 3 rings (SSSR count). The normalized spacial score (nSPS) is 17.6. The molecule has 2 aromatic carbocycles. The molecule has 102 valence electrons. The van der Waals surface area contributed by atoms with E-state index in [1.165, 1.54) is 11.1 Å². The Morgan fingerprint density at radius 2 is 1.75 bits per heavy atom. The predicted molar refractivity (Wildman–Crippen MR) is 82.7 cm³/mol. The number of guanidine groups is 1. The smallest absolute Gasteiger partial charge is 0.197 e. The Labute approximate surface area is 119 Å². The fraction of sp³-hybridized carbons (Fsp3) is 0.235. The average Bonchev–Trinajstić information content (AvgIpc) is 2.49. The first-order valence-corrected chi connectivity index (χ1v) is 7.03. The van der Waals surface area contributed by atoms with Crippen LogP contribution >= 0.6 is 0 Å². The van der Waals surface area contributed by atoms with E-state index in [4.69, 9.17) is 5.73 Å². The Morgan fingerprint density at radius 3 is 2.50 bits per heavy atom. The Bertz CT molecular complexity index is 619. The second kappa shape index (κ2) is 5.37. The summed E-state index contributed by atoms with van der Waals surface area (Å²) in [6.45, 7) is 2.99. The molecule has 0 saturated heterocycles. The van der Waals surface area contributed by atoms with Gasteiger partial charge in [0, 0.05) is 12.1 Å². The largest absolute Gasteiger partial charge is 0.369 e. The zero-order chi connectivity index (χ0) is 13.9.